The average Bonchev–Trinajstić information content (AvgIpc) is 2.45. The van der Waals surface area contributed by atoms with E-state index in [4.69, 9.17) is 5.11 Å². The number of hydrogen-bond acceptors (Lipinski definition) is 2. The molecular weight excluding hydrogens is 196 g/mol. The van der Waals surface area contributed by atoms with E-state index in [1.165, 1.54) is 0 Å². The third-order valence-corrected chi connectivity index (χ3v) is 3.80. The maximum atomic E-state index is 10.9. The number of carboxylic acids is 1. The maximum Gasteiger partial charge on any atom is 0.336 e. The Morgan fingerprint density at radius 2 is 2.07 bits per heavy atom. The Balaban J connectivity index is 3.20. The van der Waals surface area contributed by atoms with Gasteiger partial charge < -0.3 is 5.11 Å². The number of aryl methyl sites for hydroxylation is 1. The van der Waals surface area contributed by atoms with Gasteiger partial charge in [0.25, 0.3) is 0 Å². The first-order valence-electron chi connectivity index (χ1n) is 4.72. The highest BCUT2D eigenvalue weighted by molar-refractivity contribution is 7.12. The van der Waals surface area contributed by atoms with Crippen LogP contribution < -0.4 is 0 Å². The summed E-state index contributed by atoms with van der Waals surface area (Å²) < 4.78 is 0. The minimum atomic E-state index is -0.811. The molecule has 0 saturated carbocycles. The van der Waals surface area contributed by atoms with Gasteiger partial charge in [0, 0.05) is 9.75 Å². The largest absolute Gasteiger partial charge is 0.478 e. The average molecular weight is 212 g/mol. The molecular formula is C11H16O2S. The molecule has 0 amide bonds. The van der Waals surface area contributed by atoms with Crippen molar-refractivity contribution < 1.29 is 9.90 Å². The fraction of sp³-hybridized carbons (Fsp3) is 0.545. The molecule has 1 heterocycles. The van der Waals surface area contributed by atoms with Gasteiger partial charge in [-0.05, 0) is 17.9 Å². The summed E-state index contributed by atoms with van der Waals surface area (Å²) in [5, 5.41) is 8.98. The Labute approximate surface area is 88.6 Å². The van der Waals surface area contributed by atoms with E-state index in [0.717, 1.165) is 16.2 Å². The van der Waals surface area contributed by atoms with Crippen molar-refractivity contribution >= 4 is 17.3 Å². The summed E-state index contributed by atoms with van der Waals surface area (Å²) in [4.78, 5) is 13.0. The lowest BCUT2D eigenvalue weighted by molar-refractivity contribution is 0.0696. The summed E-state index contributed by atoms with van der Waals surface area (Å²) >= 11 is 1.61. The Morgan fingerprint density at radius 1 is 1.50 bits per heavy atom. The molecule has 0 aromatic carbocycles. The molecule has 14 heavy (non-hydrogen) atoms. The molecule has 0 spiro atoms. The van der Waals surface area contributed by atoms with Crippen molar-refractivity contribution in [1.82, 2.24) is 0 Å². The number of carboxylic acid groups (broad SMARTS) is 1. The molecule has 0 unspecified atom stereocenters. The highest BCUT2D eigenvalue weighted by Gasteiger charge is 2.21. The molecule has 0 aliphatic heterocycles. The highest BCUT2D eigenvalue weighted by Crippen LogP contribution is 2.32. The van der Waals surface area contributed by atoms with Crippen molar-refractivity contribution in [3.63, 3.8) is 0 Å². The first-order chi connectivity index (χ1) is 6.36. The third kappa shape index (κ3) is 2.15. The summed E-state index contributed by atoms with van der Waals surface area (Å²) in [5.74, 6) is -0.811. The third-order valence-electron chi connectivity index (χ3n) is 2.10. The van der Waals surface area contributed by atoms with Gasteiger partial charge in [0.15, 0.2) is 0 Å². The topological polar surface area (TPSA) is 37.3 Å². The lowest BCUT2D eigenvalue weighted by Gasteiger charge is -2.15. The van der Waals surface area contributed by atoms with E-state index < -0.39 is 5.97 Å². The van der Waals surface area contributed by atoms with Gasteiger partial charge in [-0.3, -0.25) is 0 Å². The molecule has 78 valence electrons. The Hall–Kier alpha value is -0.830. The number of carbonyl (C=O) groups is 1. The molecule has 2 nitrogen and oxygen atoms in total. The van der Waals surface area contributed by atoms with E-state index in [2.05, 4.69) is 20.8 Å². The molecule has 1 N–H and O–H groups in total. The molecule has 0 saturated heterocycles. The minimum Gasteiger partial charge on any atom is -0.478 e. The SMILES string of the molecule is CCc1sc(C(C)(C)C)cc1C(=O)O. The highest BCUT2D eigenvalue weighted by atomic mass is 32.1. The van der Waals surface area contributed by atoms with Gasteiger partial charge in [-0.15, -0.1) is 11.3 Å². The summed E-state index contributed by atoms with van der Waals surface area (Å²) in [6.07, 6.45) is 0.794. The van der Waals surface area contributed by atoms with Crippen molar-refractivity contribution in [3.8, 4) is 0 Å². The van der Waals surface area contributed by atoms with Crippen molar-refractivity contribution in [3.05, 3.63) is 21.4 Å². The van der Waals surface area contributed by atoms with Gasteiger partial charge in [0.1, 0.15) is 0 Å². The van der Waals surface area contributed by atoms with Crippen LogP contribution in [0.2, 0.25) is 0 Å². The van der Waals surface area contributed by atoms with Crippen LogP contribution in [0.1, 0.15) is 47.8 Å². The Bertz CT molecular complexity index is 345. The fourth-order valence-electron chi connectivity index (χ4n) is 1.24. The summed E-state index contributed by atoms with van der Waals surface area (Å²) in [6.45, 7) is 8.29. The fourth-order valence-corrected chi connectivity index (χ4v) is 2.39. The van der Waals surface area contributed by atoms with Gasteiger partial charge in [-0.2, -0.15) is 0 Å². The minimum absolute atomic E-state index is 0.0439. The monoisotopic (exact) mass is 212 g/mol. The molecule has 0 radical (unpaired) electrons. The zero-order chi connectivity index (χ0) is 10.9. The van der Waals surface area contributed by atoms with E-state index >= 15 is 0 Å². The van der Waals surface area contributed by atoms with Gasteiger partial charge in [0.2, 0.25) is 0 Å². The first-order valence-corrected chi connectivity index (χ1v) is 5.54. The number of rotatable bonds is 2. The van der Waals surface area contributed by atoms with E-state index in [1.807, 2.05) is 13.0 Å². The van der Waals surface area contributed by atoms with Crippen LogP contribution in [0.4, 0.5) is 0 Å². The molecule has 1 aromatic heterocycles. The molecule has 0 atom stereocenters. The molecule has 1 rings (SSSR count). The van der Waals surface area contributed by atoms with Crippen molar-refractivity contribution in [2.45, 2.75) is 39.5 Å². The number of aromatic carboxylic acids is 1. The predicted octanol–water partition coefficient (Wildman–Crippen LogP) is 3.31. The quantitative estimate of drug-likeness (QED) is 0.816. The molecule has 3 heteroatoms. The zero-order valence-corrected chi connectivity index (χ0v) is 9.86. The second-order valence-corrected chi connectivity index (χ2v) is 5.49. The molecule has 0 aliphatic carbocycles. The van der Waals surface area contributed by atoms with E-state index in [9.17, 15) is 4.79 Å². The number of thiophene rings is 1. The van der Waals surface area contributed by atoms with Crippen LogP contribution in [-0.2, 0) is 11.8 Å². The van der Waals surface area contributed by atoms with Crippen LogP contribution in [0.5, 0.6) is 0 Å². The predicted molar refractivity (Wildman–Crippen MR) is 59.4 cm³/mol. The summed E-state index contributed by atoms with van der Waals surface area (Å²) in [5.41, 5.74) is 0.518. The van der Waals surface area contributed by atoms with Crippen LogP contribution in [0.25, 0.3) is 0 Å². The smallest absolute Gasteiger partial charge is 0.336 e. The van der Waals surface area contributed by atoms with E-state index in [-0.39, 0.29) is 5.41 Å². The number of hydrogen-bond donors (Lipinski definition) is 1. The van der Waals surface area contributed by atoms with Gasteiger partial charge in [-0.25, -0.2) is 4.79 Å². The maximum absolute atomic E-state index is 10.9. The summed E-state index contributed by atoms with van der Waals surface area (Å²) in [6, 6.07) is 1.81. The van der Waals surface area contributed by atoms with Crippen LogP contribution in [0, 0.1) is 0 Å². The first kappa shape index (κ1) is 11.2. The van der Waals surface area contributed by atoms with Crippen molar-refractivity contribution in [1.29, 1.82) is 0 Å². The summed E-state index contributed by atoms with van der Waals surface area (Å²) in [7, 11) is 0. The van der Waals surface area contributed by atoms with Crippen LogP contribution in [0.3, 0.4) is 0 Å². The van der Waals surface area contributed by atoms with Crippen molar-refractivity contribution in [2.75, 3.05) is 0 Å². The molecule has 0 bridgehead atoms. The normalized spacial score (nSPS) is 11.7. The van der Waals surface area contributed by atoms with E-state index in [0.29, 0.717) is 5.56 Å². The van der Waals surface area contributed by atoms with Crippen LogP contribution in [0.15, 0.2) is 6.07 Å². The van der Waals surface area contributed by atoms with Gasteiger partial charge in [-0.1, -0.05) is 27.7 Å². The zero-order valence-electron chi connectivity index (χ0n) is 9.05. The van der Waals surface area contributed by atoms with Crippen LogP contribution >= 0.6 is 11.3 Å². The second-order valence-electron chi connectivity index (χ2n) is 4.36. The Kier molecular flexibility index (Phi) is 3.00. The molecule has 0 fully saturated rings. The standard InChI is InChI=1S/C11H16O2S/c1-5-8-7(10(12)13)6-9(14-8)11(2,3)4/h6H,5H2,1-4H3,(H,12,13). The van der Waals surface area contributed by atoms with Gasteiger partial charge >= 0.3 is 5.97 Å². The van der Waals surface area contributed by atoms with Gasteiger partial charge in [0.05, 0.1) is 5.56 Å². The van der Waals surface area contributed by atoms with E-state index in [1.54, 1.807) is 11.3 Å². The molecule has 0 aliphatic rings. The Morgan fingerprint density at radius 3 is 2.36 bits per heavy atom. The second kappa shape index (κ2) is 3.73. The van der Waals surface area contributed by atoms with Crippen molar-refractivity contribution in [2.24, 2.45) is 0 Å². The lowest BCUT2D eigenvalue weighted by Crippen LogP contribution is -2.08. The van der Waals surface area contributed by atoms with Crippen LogP contribution in [-0.4, -0.2) is 11.1 Å². The molecule has 1 aromatic rings. The lowest BCUT2D eigenvalue weighted by atomic mass is 9.94.